The van der Waals surface area contributed by atoms with E-state index in [-0.39, 0.29) is 17.4 Å². The zero-order valence-electron chi connectivity index (χ0n) is 24.3. The number of piperidine rings is 1. The molecular formula is C32H47N3O3. The van der Waals surface area contributed by atoms with E-state index in [4.69, 9.17) is 4.74 Å². The first kappa shape index (κ1) is 29.7. The number of benzene rings is 2. The van der Waals surface area contributed by atoms with E-state index in [0.717, 1.165) is 57.5 Å². The molecule has 1 fully saturated rings. The fourth-order valence-corrected chi connectivity index (χ4v) is 5.19. The van der Waals surface area contributed by atoms with Gasteiger partial charge in [0.2, 0.25) is 0 Å². The average Bonchev–Trinajstić information content (AvgIpc) is 2.88. The van der Waals surface area contributed by atoms with Crippen LogP contribution in [0.2, 0.25) is 0 Å². The summed E-state index contributed by atoms with van der Waals surface area (Å²) in [4.78, 5) is 29.3. The number of amides is 2. The molecule has 1 saturated heterocycles. The van der Waals surface area contributed by atoms with Crippen LogP contribution in [0.4, 0.5) is 10.5 Å². The minimum absolute atomic E-state index is 0.0612. The number of likely N-dealkylation sites (tertiary alicyclic amines) is 1. The van der Waals surface area contributed by atoms with E-state index in [1.54, 1.807) is 0 Å². The molecule has 2 aromatic carbocycles. The molecule has 1 heterocycles. The van der Waals surface area contributed by atoms with Gasteiger partial charge in [0.15, 0.2) is 0 Å². The van der Waals surface area contributed by atoms with Crippen LogP contribution in [0.1, 0.15) is 82.3 Å². The van der Waals surface area contributed by atoms with Gasteiger partial charge in [-0.1, -0.05) is 52.0 Å². The molecule has 1 unspecified atom stereocenters. The molecular weight excluding hydrogens is 474 g/mol. The Balaban J connectivity index is 1.56. The fourth-order valence-electron chi connectivity index (χ4n) is 5.19. The van der Waals surface area contributed by atoms with Crippen LogP contribution in [-0.2, 0) is 16.6 Å². The Kier molecular flexibility index (Phi) is 10.8. The van der Waals surface area contributed by atoms with Crippen molar-refractivity contribution in [2.24, 2.45) is 5.92 Å². The van der Waals surface area contributed by atoms with Crippen molar-refractivity contribution in [1.29, 1.82) is 0 Å². The van der Waals surface area contributed by atoms with Gasteiger partial charge in [-0.25, -0.2) is 4.79 Å². The Hall–Kier alpha value is -2.86. The largest absolute Gasteiger partial charge is 0.450 e. The second kappa shape index (κ2) is 13.8. The number of carbonyl (C=O) groups excluding carboxylic acids is 2. The van der Waals surface area contributed by atoms with Crippen molar-refractivity contribution in [3.8, 4) is 0 Å². The summed E-state index contributed by atoms with van der Waals surface area (Å²) in [5, 5.41) is 3.08. The predicted molar refractivity (Wildman–Crippen MR) is 156 cm³/mol. The highest BCUT2D eigenvalue weighted by Gasteiger charge is 2.26. The van der Waals surface area contributed by atoms with Gasteiger partial charge in [-0.15, -0.1) is 0 Å². The highest BCUT2D eigenvalue weighted by Crippen LogP contribution is 2.24. The molecule has 2 aromatic rings. The van der Waals surface area contributed by atoms with Crippen molar-refractivity contribution in [3.05, 3.63) is 65.2 Å². The van der Waals surface area contributed by atoms with Crippen molar-refractivity contribution in [3.63, 3.8) is 0 Å². The topological polar surface area (TPSA) is 61.9 Å². The monoisotopic (exact) mass is 521 g/mol. The van der Waals surface area contributed by atoms with E-state index < -0.39 is 0 Å². The molecule has 6 heteroatoms. The maximum absolute atomic E-state index is 12.9. The summed E-state index contributed by atoms with van der Waals surface area (Å²) in [6, 6.07) is 16.5. The Morgan fingerprint density at radius 1 is 1.08 bits per heavy atom. The van der Waals surface area contributed by atoms with Gasteiger partial charge in [-0.05, 0) is 92.8 Å². The minimum Gasteiger partial charge on any atom is -0.450 e. The summed E-state index contributed by atoms with van der Waals surface area (Å²) in [6.45, 7) is 17.0. The van der Waals surface area contributed by atoms with Crippen molar-refractivity contribution < 1.29 is 14.3 Å². The quantitative estimate of drug-likeness (QED) is 0.376. The first-order valence-corrected chi connectivity index (χ1v) is 14.3. The van der Waals surface area contributed by atoms with Gasteiger partial charge >= 0.3 is 6.09 Å². The number of hydrogen-bond donors (Lipinski definition) is 1. The number of nitrogens with zero attached hydrogens (tertiary/aromatic N) is 2. The predicted octanol–water partition coefficient (Wildman–Crippen LogP) is 6.75. The molecule has 1 aliphatic rings. The molecule has 0 aromatic heterocycles. The first-order chi connectivity index (χ1) is 18.1. The van der Waals surface area contributed by atoms with Gasteiger partial charge in [-0.2, -0.15) is 0 Å². The third kappa shape index (κ3) is 8.59. The van der Waals surface area contributed by atoms with E-state index in [1.165, 1.54) is 11.1 Å². The SMILES string of the molecule is CCCN(CC1CCN(C(=O)OCC)CC1)C(C)Cc1cccc(NC(=O)c2ccc(C(C)(C)C)cc2)c1. The van der Waals surface area contributed by atoms with Gasteiger partial charge in [-0.3, -0.25) is 4.79 Å². The van der Waals surface area contributed by atoms with Gasteiger partial charge in [0.1, 0.15) is 0 Å². The maximum atomic E-state index is 12.9. The van der Waals surface area contributed by atoms with Crippen molar-refractivity contribution >= 4 is 17.7 Å². The van der Waals surface area contributed by atoms with Crippen LogP contribution in [0, 0.1) is 5.92 Å². The molecule has 208 valence electrons. The molecule has 1 aliphatic heterocycles. The number of ether oxygens (including phenoxy) is 1. The molecule has 6 nitrogen and oxygen atoms in total. The third-order valence-corrected chi connectivity index (χ3v) is 7.50. The van der Waals surface area contributed by atoms with Crippen LogP contribution < -0.4 is 5.32 Å². The van der Waals surface area contributed by atoms with Crippen LogP contribution in [-0.4, -0.2) is 60.6 Å². The van der Waals surface area contributed by atoms with E-state index in [0.29, 0.717) is 24.1 Å². The van der Waals surface area contributed by atoms with Gasteiger partial charge in [0, 0.05) is 36.9 Å². The number of nitrogens with one attached hydrogen (secondary N) is 1. The zero-order valence-corrected chi connectivity index (χ0v) is 24.3. The van der Waals surface area contributed by atoms with Crippen molar-refractivity contribution in [1.82, 2.24) is 9.80 Å². The van der Waals surface area contributed by atoms with Crippen molar-refractivity contribution in [2.45, 2.75) is 78.7 Å². The first-order valence-electron chi connectivity index (χ1n) is 14.3. The summed E-state index contributed by atoms with van der Waals surface area (Å²) < 4.78 is 5.17. The summed E-state index contributed by atoms with van der Waals surface area (Å²) in [5.41, 5.74) is 3.99. The molecule has 0 bridgehead atoms. The maximum Gasteiger partial charge on any atom is 0.409 e. The highest BCUT2D eigenvalue weighted by atomic mass is 16.6. The molecule has 0 spiro atoms. The van der Waals surface area contributed by atoms with E-state index in [2.05, 4.69) is 57.0 Å². The number of carbonyl (C=O) groups is 2. The number of hydrogen-bond acceptors (Lipinski definition) is 4. The van der Waals surface area contributed by atoms with E-state index in [1.807, 2.05) is 48.2 Å². The average molecular weight is 522 g/mol. The Morgan fingerprint density at radius 3 is 2.37 bits per heavy atom. The van der Waals surface area contributed by atoms with Gasteiger partial charge < -0.3 is 19.9 Å². The van der Waals surface area contributed by atoms with E-state index in [9.17, 15) is 9.59 Å². The van der Waals surface area contributed by atoms with Crippen LogP contribution in [0.15, 0.2) is 48.5 Å². The van der Waals surface area contributed by atoms with E-state index >= 15 is 0 Å². The summed E-state index contributed by atoms with van der Waals surface area (Å²) >= 11 is 0. The molecule has 2 amide bonds. The van der Waals surface area contributed by atoms with Crippen LogP contribution in [0.5, 0.6) is 0 Å². The molecule has 1 N–H and O–H groups in total. The molecule has 0 saturated carbocycles. The number of rotatable bonds is 10. The lowest BCUT2D eigenvalue weighted by Gasteiger charge is -2.36. The minimum atomic E-state index is -0.182. The fraction of sp³-hybridized carbons (Fsp3) is 0.562. The normalized spacial score (nSPS) is 15.4. The third-order valence-electron chi connectivity index (χ3n) is 7.50. The lowest BCUT2D eigenvalue weighted by Crippen LogP contribution is -2.44. The number of anilines is 1. The summed E-state index contributed by atoms with van der Waals surface area (Å²) in [5.74, 6) is 0.502. The Labute approximate surface area is 229 Å². The highest BCUT2D eigenvalue weighted by molar-refractivity contribution is 6.04. The standard InChI is InChI=1S/C32H47N3O3/c1-7-18-35(23-25-16-19-34(20-17-25)31(37)38-8-2)24(3)21-26-10-9-11-29(22-26)33-30(36)27-12-14-28(15-13-27)32(4,5)6/h9-15,22,24-25H,7-8,16-21,23H2,1-6H3,(H,33,36). The van der Waals surface area contributed by atoms with Crippen LogP contribution in [0.25, 0.3) is 0 Å². The zero-order chi connectivity index (χ0) is 27.7. The summed E-state index contributed by atoms with van der Waals surface area (Å²) in [7, 11) is 0. The van der Waals surface area contributed by atoms with Crippen LogP contribution >= 0.6 is 0 Å². The van der Waals surface area contributed by atoms with Crippen molar-refractivity contribution in [2.75, 3.05) is 38.1 Å². The Morgan fingerprint density at radius 2 is 1.76 bits per heavy atom. The Bertz CT molecular complexity index is 1040. The molecule has 1 atom stereocenters. The van der Waals surface area contributed by atoms with Gasteiger partial charge in [0.25, 0.3) is 5.91 Å². The second-order valence-electron chi connectivity index (χ2n) is 11.7. The second-order valence-corrected chi connectivity index (χ2v) is 11.7. The summed E-state index contributed by atoms with van der Waals surface area (Å²) in [6.07, 6.45) is 3.88. The lowest BCUT2D eigenvalue weighted by atomic mass is 9.87. The smallest absolute Gasteiger partial charge is 0.409 e. The molecule has 0 aliphatic carbocycles. The molecule has 38 heavy (non-hydrogen) atoms. The lowest BCUT2D eigenvalue weighted by molar-refractivity contribution is 0.0815. The van der Waals surface area contributed by atoms with Gasteiger partial charge in [0.05, 0.1) is 6.61 Å². The molecule has 0 radical (unpaired) electrons. The van der Waals surface area contributed by atoms with Crippen LogP contribution in [0.3, 0.4) is 0 Å². The molecule has 3 rings (SSSR count).